The average Bonchev–Trinajstić information content (AvgIpc) is 2.87. The summed E-state index contributed by atoms with van der Waals surface area (Å²) in [6, 6.07) is 25.6. The molecule has 3 aromatic rings. The molecule has 0 bridgehead atoms. The molecule has 2 atom stereocenters. The molecule has 4 rings (SSSR count). The Balaban J connectivity index is 1.94. The van der Waals surface area contributed by atoms with Gasteiger partial charge in [0.1, 0.15) is 5.75 Å². The Bertz CT molecular complexity index is 977. The first-order chi connectivity index (χ1) is 12.9. The van der Waals surface area contributed by atoms with Gasteiger partial charge in [0.05, 0.1) is 7.11 Å². The largest absolute Gasteiger partial charge is 0.496 e. The van der Waals surface area contributed by atoms with Crippen molar-refractivity contribution in [1.82, 2.24) is 0 Å². The van der Waals surface area contributed by atoms with Crippen molar-refractivity contribution in [2.75, 3.05) is 7.11 Å². The first-order valence-corrected chi connectivity index (χ1v) is 9.50. The second kappa shape index (κ2) is 6.24. The van der Waals surface area contributed by atoms with Crippen molar-refractivity contribution in [2.45, 2.75) is 37.6 Å². The van der Waals surface area contributed by atoms with Gasteiger partial charge in [-0.05, 0) is 41.3 Å². The van der Waals surface area contributed by atoms with Crippen molar-refractivity contribution in [1.29, 1.82) is 0 Å². The van der Waals surface area contributed by atoms with Crippen LogP contribution in [-0.4, -0.2) is 13.2 Å². The van der Waals surface area contributed by atoms with Crippen molar-refractivity contribution in [3.8, 4) is 16.9 Å². The maximum absolute atomic E-state index is 6.90. The van der Waals surface area contributed by atoms with E-state index in [9.17, 15) is 0 Å². The maximum Gasteiger partial charge on any atom is 0.126 e. The van der Waals surface area contributed by atoms with Crippen molar-refractivity contribution >= 4 is 0 Å². The first-order valence-electron chi connectivity index (χ1n) is 9.50. The summed E-state index contributed by atoms with van der Waals surface area (Å²) in [5, 5.41) is 0. The van der Waals surface area contributed by atoms with Crippen LogP contribution in [0.25, 0.3) is 11.1 Å². The molecule has 0 amide bonds. The smallest absolute Gasteiger partial charge is 0.126 e. The average molecular weight is 357 g/mol. The fourth-order valence-corrected chi connectivity index (χ4v) is 4.76. The maximum atomic E-state index is 6.90. The summed E-state index contributed by atoms with van der Waals surface area (Å²) in [7, 11) is 1.73. The van der Waals surface area contributed by atoms with Gasteiger partial charge in [-0.2, -0.15) is 0 Å². The van der Waals surface area contributed by atoms with Crippen LogP contribution in [0.4, 0.5) is 0 Å². The number of ether oxygens (including phenoxy) is 1. The molecule has 2 heteroatoms. The zero-order valence-corrected chi connectivity index (χ0v) is 16.5. The monoisotopic (exact) mass is 357 g/mol. The molecule has 3 aromatic carbocycles. The summed E-state index contributed by atoms with van der Waals surface area (Å²) in [4.78, 5) is 0. The van der Waals surface area contributed by atoms with Gasteiger partial charge in [-0.25, -0.2) is 0 Å². The number of benzene rings is 3. The van der Waals surface area contributed by atoms with Gasteiger partial charge < -0.3 is 10.5 Å². The lowest BCUT2D eigenvalue weighted by molar-refractivity contribution is 0.349. The third kappa shape index (κ3) is 2.51. The second-order valence-electron chi connectivity index (χ2n) is 8.23. The highest BCUT2D eigenvalue weighted by atomic mass is 16.5. The molecule has 0 radical (unpaired) electrons. The van der Waals surface area contributed by atoms with E-state index < -0.39 is 0 Å². The van der Waals surface area contributed by atoms with E-state index in [0.717, 1.165) is 16.9 Å². The van der Waals surface area contributed by atoms with Crippen molar-refractivity contribution in [2.24, 2.45) is 5.73 Å². The number of nitrogens with two attached hydrogens (primary N) is 1. The van der Waals surface area contributed by atoms with Crippen molar-refractivity contribution in [3.05, 3.63) is 89.5 Å². The fraction of sp³-hybridized carbons (Fsp3) is 0.280. The van der Waals surface area contributed by atoms with E-state index in [2.05, 4.69) is 87.5 Å². The van der Waals surface area contributed by atoms with Gasteiger partial charge in [-0.1, -0.05) is 74.5 Å². The number of hydrogen-bond donors (Lipinski definition) is 1. The number of methoxy groups -OCH3 is 1. The predicted octanol–water partition coefficient (Wildman–Crippen LogP) is 5.29. The minimum Gasteiger partial charge on any atom is -0.496 e. The summed E-state index contributed by atoms with van der Waals surface area (Å²) in [6.07, 6.45) is 0. The molecule has 1 aliphatic rings. The van der Waals surface area contributed by atoms with Crippen molar-refractivity contribution < 1.29 is 4.74 Å². The standard InChI is InChI=1S/C25H27NO/c1-24(2)20-12-8-9-13-21(20)25(3,23(24)26)18-14-15-22(27-4)19(16-18)17-10-6-5-7-11-17/h5-16,23H,26H2,1-4H3. The molecule has 2 N–H and O–H groups in total. The van der Waals surface area contributed by atoms with Gasteiger partial charge in [0.15, 0.2) is 0 Å². The van der Waals surface area contributed by atoms with E-state index in [1.807, 2.05) is 6.07 Å². The third-order valence-corrected chi connectivity index (χ3v) is 6.46. The quantitative estimate of drug-likeness (QED) is 0.691. The first kappa shape index (κ1) is 17.8. The van der Waals surface area contributed by atoms with E-state index >= 15 is 0 Å². The zero-order chi connectivity index (χ0) is 19.2. The zero-order valence-electron chi connectivity index (χ0n) is 16.5. The highest BCUT2D eigenvalue weighted by Gasteiger charge is 2.52. The molecular formula is C25H27NO. The highest BCUT2D eigenvalue weighted by Crippen LogP contribution is 2.52. The van der Waals surface area contributed by atoms with Gasteiger partial charge in [0, 0.05) is 22.4 Å². The lowest BCUT2D eigenvalue weighted by Gasteiger charge is -2.36. The molecule has 0 aromatic heterocycles. The molecule has 0 spiro atoms. The third-order valence-electron chi connectivity index (χ3n) is 6.46. The molecule has 1 aliphatic carbocycles. The fourth-order valence-electron chi connectivity index (χ4n) is 4.76. The Morgan fingerprint density at radius 2 is 1.44 bits per heavy atom. The lowest BCUT2D eigenvalue weighted by atomic mass is 9.70. The Hall–Kier alpha value is -2.58. The SMILES string of the molecule is COc1ccc(C2(C)c3ccccc3C(C)(C)C2N)cc1-c1ccccc1. The van der Waals surface area contributed by atoms with E-state index in [-0.39, 0.29) is 16.9 Å². The molecule has 0 saturated carbocycles. The molecule has 0 fully saturated rings. The number of hydrogen-bond acceptors (Lipinski definition) is 2. The molecule has 0 aliphatic heterocycles. The van der Waals surface area contributed by atoms with Gasteiger partial charge in [0.25, 0.3) is 0 Å². The molecular weight excluding hydrogens is 330 g/mol. The van der Waals surface area contributed by atoms with Gasteiger partial charge >= 0.3 is 0 Å². The van der Waals surface area contributed by atoms with Crippen LogP contribution in [-0.2, 0) is 10.8 Å². The second-order valence-corrected chi connectivity index (χ2v) is 8.23. The summed E-state index contributed by atoms with van der Waals surface area (Å²) < 4.78 is 5.66. The summed E-state index contributed by atoms with van der Waals surface area (Å²) in [6.45, 7) is 6.79. The normalized spacial score (nSPS) is 23.1. The Kier molecular flexibility index (Phi) is 4.12. The topological polar surface area (TPSA) is 35.2 Å². The van der Waals surface area contributed by atoms with Crippen LogP contribution in [0, 0.1) is 0 Å². The molecule has 138 valence electrons. The van der Waals surface area contributed by atoms with Crippen LogP contribution in [0.5, 0.6) is 5.75 Å². The minimum atomic E-state index is -0.254. The molecule has 2 unspecified atom stereocenters. The van der Waals surface area contributed by atoms with Crippen LogP contribution >= 0.6 is 0 Å². The molecule has 0 saturated heterocycles. The van der Waals surface area contributed by atoms with Gasteiger partial charge in [0.2, 0.25) is 0 Å². The summed E-state index contributed by atoms with van der Waals surface area (Å²) in [5.74, 6) is 0.882. The van der Waals surface area contributed by atoms with E-state index in [4.69, 9.17) is 10.5 Å². The van der Waals surface area contributed by atoms with Gasteiger partial charge in [-0.3, -0.25) is 0 Å². The number of rotatable bonds is 3. The van der Waals surface area contributed by atoms with Crippen LogP contribution in [0.1, 0.15) is 37.5 Å². The summed E-state index contributed by atoms with van der Waals surface area (Å²) in [5.41, 5.74) is 12.7. The van der Waals surface area contributed by atoms with Crippen LogP contribution in [0.15, 0.2) is 72.8 Å². The Morgan fingerprint density at radius 3 is 2.11 bits per heavy atom. The Morgan fingerprint density at radius 1 is 0.815 bits per heavy atom. The summed E-state index contributed by atoms with van der Waals surface area (Å²) >= 11 is 0. The van der Waals surface area contributed by atoms with Crippen molar-refractivity contribution in [3.63, 3.8) is 0 Å². The lowest BCUT2D eigenvalue weighted by Crippen LogP contribution is -2.48. The van der Waals surface area contributed by atoms with E-state index in [1.54, 1.807) is 7.11 Å². The van der Waals surface area contributed by atoms with Gasteiger partial charge in [-0.15, -0.1) is 0 Å². The predicted molar refractivity (Wildman–Crippen MR) is 112 cm³/mol. The van der Waals surface area contributed by atoms with Crippen LogP contribution < -0.4 is 10.5 Å². The highest BCUT2D eigenvalue weighted by molar-refractivity contribution is 5.72. The molecule has 27 heavy (non-hydrogen) atoms. The van der Waals surface area contributed by atoms with E-state index in [0.29, 0.717) is 0 Å². The Labute approximate surface area is 162 Å². The molecule has 2 nitrogen and oxygen atoms in total. The minimum absolute atomic E-state index is 0.0144. The van der Waals surface area contributed by atoms with Crippen LogP contribution in [0.3, 0.4) is 0 Å². The molecule has 0 heterocycles. The van der Waals surface area contributed by atoms with E-state index in [1.165, 1.54) is 16.7 Å². The number of fused-ring (bicyclic) bond motifs is 1. The van der Waals surface area contributed by atoms with Crippen LogP contribution in [0.2, 0.25) is 0 Å².